The summed E-state index contributed by atoms with van der Waals surface area (Å²) in [6.45, 7) is 7.56. The van der Waals surface area contributed by atoms with Crippen molar-refractivity contribution in [1.82, 2.24) is 5.32 Å². The van der Waals surface area contributed by atoms with Gasteiger partial charge in [0.2, 0.25) is 0 Å². The number of carbonyl (C=O) groups excluding carboxylic acids is 1. The minimum absolute atomic E-state index is 0.125. The third kappa shape index (κ3) is 5.17. The van der Waals surface area contributed by atoms with Gasteiger partial charge in [-0.1, -0.05) is 43.1 Å². The lowest BCUT2D eigenvalue weighted by Gasteiger charge is -2.65. The third-order valence-corrected chi connectivity index (χ3v) is 8.66. The topological polar surface area (TPSA) is 59.6 Å². The molecule has 2 atom stereocenters. The first-order chi connectivity index (χ1) is 16.6. The summed E-state index contributed by atoms with van der Waals surface area (Å²) in [6.07, 6.45) is 7.88. The van der Waals surface area contributed by atoms with Crippen molar-refractivity contribution >= 4 is 23.2 Å². The summed E-state index contributed by atoms with van der Waals surface area (Å²) in [5, 5.41) is 7.41. The van der Waals surface area contributed by atoms with E-state index < -0.39 is 0 Å². The van der Waals surface area contributed by atoms with Crippen LogP contribution in [0.1, 0.15) is 63.5 Å². The number of rotatable bonds is 8. The fourth-order valence-electron chi connectivity index (χ4n) is 7.89. The predicted octanol–water partition coefficient (Wildman–Crippen LogP) is 6.51. The van der Waals surface area contributed by atoms with Gasteiger partial charge in [-0.25, -0.2) is 0 Å². The predicted molar refractivity (Wildman–Crippen MR) is 140 cm³/mol. The Bertz CT molecular complexity index is 1100. The van der Waals surface area contributed by atoms with Crippen LogP contribution < -0.4 is 20.1 Å². The number of amides is 1. The number of methoxy groups -OCH3 is 1. The molecule has 188 valence electrons. The Labute approximate surface area is 213 Å². The van der Waals surface area contributed by atoms with Crippen molar-refractivity contribution in [3.63, 3.8) is 0 Å². The van der Waals surface area contributed by atoms with Crippen LogP contribution in [-0.4, -0.2) is 25.2 Å². The van der Waals surface area contributed by atoms with Gasteiger partial charge in [-0.2, -0.15) is 0 Å². The molecule has 4 aliphatic rings. The van der Waals surface area contributed by atoms with Crippen LogP contribution in [0.5, 0.6) is 11.5 Å². The van der Waals surface area contributed by atoms with Crippen LogP contribution in [0.2, 0.25) is 5.02 Å². The second-order valence-electron chi connectivity index (χ2n) is 12.1. The maximum Gasteiger partial charge on any atom is 0.262 e. The number of hydrogen-bond acceptors (Lipinski definition) is 4. The number of anilines is 1. The molecule has 5 nitrogen and oxygen atoms in total. The summed E-state index contributed by atoms with van der Waals surface area (Å²) in [5.41, 5.74) is 3.98. The first kappa shape index (κ1) is 24.5. The molecule has 2 unspecified atom stereocenters. The lowest BCUT2D eigenvalue weighted by Crippen LogP contribution is -2.63. The molecule has 6 rings (SSSR count). The zero-order valence-electron chi connectivity index (χ0n) is 21.3. The van der Waals surface area contributed by atoms with Crippen LogP contribution in [0.4, 0.5) is 5.69 Å². The standard InChI is InChI=1S/C29H37ClN2O3/c1-19-5-7-22(8-6-19)32-26(33)15-35-25-10-23(30)21(9-24(25)34-4)14-31-29-13-20-11-27(2,17-29)16-28(3,12-20)18-29/h5-10,20,31H,11-18H2,1-4H3,(H,32,33). The highest BCUT2D eigenvalue weighted by molar-refractivity contribution is 6.31. The maximum absolute atomic E-state index is 12.4. The second kappa shape index (κ2) is 9.01. The molecule has 6 heteroatoms. The molecule has 2 aromatic rings. The van der Waals surface area contributed by atoms with E-state index in [2.05, 4.69) is 24.5 Å². The molecule has 0 aromatic heterocycles. The van der Waals surface area contributed by atoms with E-state index in [1.165, 1.54) is 38.5 Å². The first-order valence-electron chi connectivity index (χ1n) is 12.7. The smallest absolute Gasteiger partial charge is 0.262 e. The first-order valence-corrected chi connectivity index (χ1v) is 13.1. The van der Waals surface area contributed by atoms with Crippen LogP contribution in [-0.2, 0) is 11.3 Å². The highest BCUT2D eigenvalue weighted by atomic mass is 35.5. The summed E-state index contributed by atoms with van der Waals surface area (Å²) in [5.74, 6) is 1.65. The molecule has 0 radical (unpaired) electrons. The number of aryl methyl sites for hydroxylation is 1. The zero-order chi connectivity index (χ0) is 24.8. The molecule has 4 aliphatic carbocycles. The van der Waals surface area contributed by atoms with Crippen molar-refractivity contribution in [1.29, 1.82) is 0 Å². The molecule has 2 N–H and O–H groups in total. The summed E-state index contributed by atoms with van der Waals surface area (Å²) >= 11 is 6.68. The fourth-order valence-corrected chi connectivity index (χ4v) is 8.11. The normalized spacial score (nSPS) is 30.8. The summed E-state index contributed by atoms with van der Waals surface area (Å²) < 4.78 is 11.4. The highest BCUT2D eigenvalue weighted by Crippen LogP contribution is 2.66. The van der Waals surface area contributed by atoms with Crippen molar-refractivity contribution in [2.45, 2.75) is 71.4 Å². The number of benzene rings is 2. The van der Waals surface area contributed by atoms with Gasteiger partial charge >= 0.3 is 0 Å². The van der Waals surface area contributed by atoms with Crippen LogP contribution in [0.3, 0.4) is 0 Å². The Morgan fingerprint density at radius 3 is 2.34 bits per heavy atom. The largest absolute Gasteiger partial charge is 0.493 e. The molecular weight excluding hydrogens is 460 g/mol. The molecule has 0 spiro atoms. The van der Waals surface area contributed by atoms with Gasteiger partial charge in [-0.3, -0.25) is 4.79 Å². The molecule has 4 saturated carbocycles. The number of hydrogen-bond donors (Lipinski definition) is 2. The molecule has 2 aromatic carbocycles. The Morgan fingerprint density at radius 1 is 1.03 bits per heavy atom. The quantitative estimate of drug-likeness (QED) is 0.437. The van der Waals surface area contributed by atoms with Gasteiger partial charge in [0.25, 0.3) is 5.91 Å². The number of carbonyl (C=O) groups is 1. The van der Waals surface area contributed by atoms with E-state index >= 15 is 0 Å². The van der Waals surface area contributed by atoms with E-state index in [1.54, 1.807) is 13.2 Å². The van der Waals surface area contributed by atoms with Crippen molar-refractivity contribution in [2.24, 2.45) is 16.7 Å². The number of ether oxygens (including phenoxy) is 2. The summed E-state index contributed by atoms with van der Waals surface area (Å²) in [4.78, 5) is 12.4. The summed E-state index contributed by atoms with van der Waals surface area (Å²) in [7, 11) is 1.61. The third-order valence-electron chi connectivity index (χ3n) is 8.31. The molecule has 1 amide bonds. The number of halogens is 1. The van der Waals surface area contributed by atoms with Crippen LogP contribution >= 0.6 is 11.6 Å². The molecule has 0 heterocycles. The molecule has 0 aliphatic heterocycles. The van der Waals surface area contributed by atoms with E-state index in [-0.39, 0.29) is 18.1 Å². The van der Waals surface area contributed by atoms with Gasteiger partial charge in [0.15, 0.2) is 18.1 Å². The van der Waals surface area contributed by atoms with E-state index in [9.17, 15) is 4.79 Å². The lowest BCUT2D eigenvalue weighted by molar-refractivity contribution is -0.118. The second-order valence-corrected chi connectivity index (χ2v) is 12.5. The van der Waals surface area contributed by atoms with Crippen LogP contribution in [0.15, 0.2) is 36.4 Å². The van der Waals surface area contributed by atoms with Crippen LogP contribution in [0.25, 0.3) is 0 Å². The van der Waals surface area contributed by atoms with Crippen molar-refractivity contribution in [3.05, 3.63) is 52.5 Å². The molecule has 4 fully saturated rings. The van der Waals surface area contributed by atoms with Gasteiger partial charge in [0.05, 0.1) is 7.11 Å². The monoisotopic (exact) mass is 496 g/mol. The van der Waals surface area contributed by atoms with E-state index in [0.717, 1.165) is 22.7 Å². The maximum atomic E-state index is 12.4. The van der Waals surface area contributed by atoms with Gasteiger partial charge in [-0.15, -0.1) is 0 Å². The van der Waals surface area contributed by atoms with Gasteiger partial charge in [0.1, 0.15) is 0 Å². The van der Waals surface area contributed by atoms with Crippen molar-refractivity contribution in [2.75, 3.05) is 19.0 Å². The molecule has 35 heavy (non-hydrogen) atoms. The molecule has 0 saturated heterocycles. The SMILES string of the molecule is COc1cc(CNC23CC4CC(C)(CC(C)(C4)C2)C3)c(Cl)cc1OCC(=O)Nc1ccc(C)cc1. The summed E-state index contributed by atoms with van der Waals surface area (Å²) in [6, 6.07) is 11.4. The van der Waals surface area contributed by atoms with Gasteiger partial charge < -0.3 is 20.1 Å². The Hall–Kier alpha value is -2.24. The van der Waals surface area contributed by atoms with Crippen molar-refractivity contribution < 1.29 is 14.3 Å². The highest BCUT2D eigenvalue weighted by Gasteiger charge is 2.59. The average Bonchev–Trinajstić information content (AvgIpc) is 2.76. The minimum atomic E-state index is -0.235. The Balaban J connectivity index is 1.23. The van der Waals surface area contributed by atoms with Crippen LogP contribution in [0, 0.1) is 23.7 Å². The molecular formula is C29H37ClN2O3. The Morgan fingerprint density at radius 2 is 1.71 bits per heavy atom. The zero-order valence-corrected chi connectivity index (χ0v) is 22.1. The van der Waals surface area contributed by atoms with Gasteiger partial charge in [0, 0.05) is 28.9 Å². The molecule has 4 bridgehead atoms. The van der Waals surface area contributed by atoms with Gasteiger partial charge in [-0.05, 0) is 86.0 Å². The fraction of sp³-hybridized carbons (Fsp3) is 0.552. The number of nitrogens with one attached hydrogen (secondary N) is 2. The van der Waals surface area contributed by atoms with Crippen molar-refractivity contribution in [3.8, 4) is 11.5 Å². The van der Waals surface area contributed by atoms with E-state index in [4.69, 9.17) is 21.1 Å². The Kier molecular flexibility index (Phi) is 6.29. The van der Waals surface area contributed by atoms with E-state index in [1.807, 2.05) is 37.3 Å². The van der Waals surface area contributed by atoms with E-state index in [0.29, 0.717) is 33.9 Å². The minimum Gasteiger partial charge on any atom is -0.493 e. The lowest BCUT2D eigenvalue weighted by atomic mass is 9.43. The average molecular weight is 497 g/mol.